The number of piperidine rings is 1. The summed E-state index contributed by atoms with van der Waals surface area (Å²) in [7, 11) is 0. The minimum absolute atomic E-state index is 0.211. The van der Waals surface area contributed by atoms with Crippen LogP contribution in [0.1, 0.15) is 50.7 Å². The summed E-state index contributed by atoms with van der Waals surface area (Å²) in [5.41, 5.74) is 2.43. The normalized spacial score (nSPS) is 25.5. The van der Waals surface area contributed by atoms with Crippen molar-refractivity contribution < 1.29 is 24.3 Å². The van der Waals surface area contributed by atoms with Crippen LogP contribution in [0.2, 0.25) is 0 Å². The van der Waals surface area contributed by atoms with Gasteiger partial charge in [0, 0.05) is 6.42 Å². The lowest BCUT2D eigenvalue weighted by atomic mass is 9.81. The fourth-order valence-electron chi connectivity index (χ4n) is 4.87. The Labute approximate surface area is 166 Å². The first-order chi connectivity index (χ1) is 14.0. The third-order valence-electron chi connectivity index (χ3n) is 6.17. The van der Waals surface area contributed by atoms with Gasteiger partial charge in [-0.1, -0.05) is 36.4 Å². The molecule has 1 fully saturated rings. The van der Waals surface area contributed by atoms with Crippen LogP contribution in [0.3, 0.4) is 0 Å². The number of rotatable bonds is 2. The van der Waals surface area contributed by atoms with E-state index in [-0.39, 0.29) is 23.6 Å². The molecule has 2 aromatic rings. The van der Waals surface area contributed by atoms with Crippen LogP contribution in [0.5, 0.6) is 0 Å². The van der Waals surface area contributed by atoms with Crippen molar-refractivity contribution in [1.82, 2.24) is 9.80 Å². The molecule has 0 radical (unpaired) electrons. The molecule has 3 heterocycles. The van der Waals surface area contributed by atoms with Gasteiger partial charge in [-0.3, -0.25) is 19.3 Å². The fourth-order valence-corrected chi connectivity index (χ4v) is 4.87. The van der Waals surface area contributed by atoms with Crippen molar-refractivity contribution in [2.75, 3.05) is 0 Å². The van der Waals surface area contributed by atoms with Gasteiger partial charge in [0.15, 0.2) is 0 Å². The lowest BCUT2D eigenvalue weighted by molar-refractivity contribution is -0.158. The van der Waals surface area contributed by atoms with Gasteiger partial charge in [-0.15, -0.1) is 0 Å². The maximum atomic E-state index is 13.4. The molecule has 5 rings (SSSR count). The molecular weight excluding hydrogens is 372 g/mol. The Morgan fingerprint density at radius 1 is 0.862 bits per heavy atom. The number of hydrogen-bond acceptors (Lipinski definition) is 4. The molecular formula is C22H18N2O5. The molecule has 3 aliphatic rings. The Hall–Kier alpha value is -3.48. The van der Waals surface area contributed by atoms with Crippen LogP contribution in [-0.2, 0) is 16.0 Å². The van der Waals surface area contributed by atoms with Gasteiger partial charge in [-0.2, -0.15) is 0 Å². The number of carbonyl (C=O) groups is 4. The number of hydrogen-bond donors (Lipinski definition) is 1. The fraction of sp³-hybridized carbons (Fsp3) is 0.273. The predicted molar refractivity (Wildman–Crippen MR) is 101 cm³/mol. The van der Waals surface area contributed by atoms with Gasteiger partial charge in [0.05, 0.1) is 17.2 Å². The SMILES string of the molecule is O=C(O)[C@H]1Cc2ccccc2[C@H]2CC[C@H](N3C(=O)c4ccccc4C3=O)C(=O)N12. The topological polar surface area (TPSA) is 95.0 Å². The Balaban J connectivity index is 1.53. The van der Waals surface area contributed by atoms with Crippen molar-refractivity contribution in [3.05, 3.63) is 70.8 Å². The van der Waals surface area contributed by atoms with E-state index in [0.717, 1.165) is 16.0 Å². The first-order valence-corrected chi connectivity index (χ1v) is 9.58. The number of carbonyl (C=O) groups excluding carboxylic acids is 3. The van der Waals surface area contributed by atoms with E-state index in [2.05, 4.69) is 0 Å². The maximum Gasteiger partial charge on any atom is 0.326 e. The van der Waals surface area contributed by atoms with Crippen LogP contribution in [0.4, 0.5) is 0 Å². The second-order valence-corrected chi connectivity index (χ2v) is 7.64. The van der Waals surface area contributed by atoms with Crippen molar-refractivity contribution in [1.29, 1.82) is 0 Å². The highest BCUT2D eigenvalue weighted by Gasteiger charge is 2.51. The van der Waals surface area contributed by atoms with Crippen molar-refractivity contribution >= 4 is 23.7 Å². The Morgan fingerprint density at radius 2 is 1.45 bits per heavy atom. The first-order valence-electron chi connectivity index (χ1n) is 9.58. The summed E-state index contributed by atoms with van der Waals surface area (Å²) >= 11 is 0. The van der Waals surface area contributed by atoms with Gasteiger partial charge in [0.1, 0.15) is 12.1 Å². The molecule has 0 bridgehead atoms. The summed E-state index contributed by atoms with van der Waals surface area (Å²) in [5, 5.41) is 9.78. The second-order valence-electron chi connectivity index (χ2n) is 7.64. The van der Waals surface area contributed by atoms with E-state index in [1.165, 1.54) is 4.90 Å². The molecule has 3 atom stereocenters. The van der Waals surface area contributed by atoms with E-state index >= 15 is 0 Å². The zero-order valence-electron chi connectivity index (χ0n) is 15.4. The van der Waals surface area contributed by atoms with Crippen LogP contribution in [0, 0.1) is 0 Å². The van der Waals surface area contributed by atoms with Gasteiger partial charge in [-0.05, 0) is 36.1 Å². The molecule has 7 heteroatoms. The molecule has 1 N–H and O–H groups in total. The minimum Gasteiger partial charge on any atom is -0.480 e. The van der Waals surface area contributed by atoms with Crippen LogP contribution < -0.4 is 0 Å². The Morgan fingerprint density at radius 3 is 2.10 bits per heavy atom. The summed E-state index contributed by atoms with van der Waals surface area (Å²) in [4.78, 5) is 53.5. The molecule has 0 aliphatic carbocycles. The standard InChI is InChI=1S/C22H18N2O5/c25-19-14-7-3-4-8-15(14)20(26)24(19)17-10-9-16-13-6-2-1-5-12(13)11-18(22(28)29)23(16)21(17)27/h1-8,16-18H,9-11H2,(H,28,29)/t16-,17+,18-/m1/s1. The molecule has 2 aromatic carbocycles. The van der Waals surface area contributed by atoms with Crippen molar-refractivity contribution in [2.45, 2.75) is 37.4 Å². The van der Waals surface area contributed by atoms with E-state index < -0.39 is 35.8 Å². The highest BCUT2D eigenvalue weighted by Crippen LogP contribution is 2.42. The van der Waals surface area contributed by atoms with E-state index in [1.54, 1.807) is 24.3 Å². The smallest absolute Gasteiger partial charge is 0.326 e. The van der Waals surface area contributed by atoms with Crippen molar-refractivity contribution in [3.8, 4) is 0 Å². The van der Waals surface area contributed by atoms with Gasteiger partial charge in [0.2, 0.25) is 5.91 Å². The van der Waals surface area contributed by atoms with Gasteiger partial charge < -0.3 is 10.0 Å². The third kappa shape index (κ3) is 2.43. The summed E-state index contributed by atoms with van der Waals surface area (Å²) < 4.78 is 0. The quantitative estimate of drug-likeness (QED) is 0.792. The third-order valence-corrected chi connectivity index (χ3v) is 6.17. The molecule has 0 spiro atoms. The largest absolute Gasteiger partial charge is 0.480 e. The predicted octanol–water partition coefficient (Wildman–Crippen LogP) is 2.02. The molecule has 146 valence electrons. The number of nitrogens with zero attached hydrogens (tertiary/aromatic N) is 2. The summed E-state index contributed by atoms with van der Waals surface area (Å²) in [6, 6.07) is 11.7. The number of carboxylic acids is 1. The highest BCUT2D eigenvalue weighted by molar-refractivity contribution is 6.23. The zero-order chi connectivity index (χ0) is 20.3. The van der Waals surface area contributed by atoms with Crippen molar-refractivity contribution in [2.24, 2.45) is 0 Å². The number of carboxylic acid groups (broad SMARTS) is 1. The monoisotopic (exact) mass is 390 g/mol. The van der Waals surface area contributed by atoms with E-state index in [0.29, 0.717) is 12.8 Å². The van der Waals surface area contributed by atoms with Crippen molar-refractivity contribution in [3.63, 3.8) is 0 Å². The maximum absolute atomic E-state index is 13.4. The van der Waals surface area contributed by atoms with Crippen LogP contribution in [0.25, 0.3) is 0 Å². The molecule has 0 saturated carbocycles. The summed E-state index contributed by atoms with van der Waals surface area (Å²) in [6.07, 6.45) is 1.01. The molecule has 3 aliphatic heterocycles. The zero-order valence-corrected chi connectivity index (χ0v) is 15.4. The summed E-state index contributed by atoms with van der Waals surface area (Å²) in [6.45, 7) is 0. The average Bonchev–Trinajstić information content (AvgIpc) is 2.98. The van der Waals surface area contributed by atoms with E-state index in [9.17, 15) is 24.3 Å². The Kier molecular flexibility index (Phi) is 3.81. The lowest BCUT2D eigenvalue weighted by Gasteiger charge is -2.47. The molecule has 0 unspecified atom stereocenters. The lowest BCUT2D eigenvalue weighted by Crippen LogP contribution is -2.61. The van der Waals surface area contributed by atoms with Crippen LogP contribution >= 0.6 is 0 Å². The highest BCUT2D eigenvalue weighted by atomic mass is 16.4. The molecule has 29 heavy (non-hydrogen) atoms. The molecule has 7 nitrogen and oxygen atoms in total. The Bertz CT molecular complexity index is 1040. The van der Waals surface area contributed by atoms with E-state index in [1.807, 2.05) is 24.3 Å². The van der Waals surface area contributed by atoms with Gasteiger partial charge >= 0.3 is 5.97 Å². The first kappa shape index (κ1) is 17.6. The minimum atomic E-state index is -1.08. The van der Waals surface area contributed by atoms with E-state index in [4.69, 9.17) is 0 Å². The van der Waals surface area contributed by atoms with Crippen LogP contribution in [0.15, 0.2) is 48.5 Å². The molecule has 0 aromatic heterocycles. The number of imide groups is 1. The number of aliphatic carboxylic acids is 1. The number of amides is 3. The summed E-state index contributed by atoms with van der Waals surface area (Å²) in [5.74, 6) is -2.54. The molecule has 3 amide bonds. The van der Waals surface area contributed by atoms with Gasteiger partial charge in [-0.25, -0.2) is 4.79 Å². The average molecular weight is 390 g/mol. The molecule has 1 saturated heterocycles. The number of fused-ring (bicyclic) bond motifs is 4. The van der Waals surface area contributed by atoms with Crippen LogP contribution in [-0.4, -0.2) is 50.7 Å². The van der Waals surface area contributed by atoms with Gasteiger partial charge in [0.25, 0.3) is 11.8 Å². The number of benzene rings is 2. The second kappa shape index (κ2) is 6.27.